The van der Waals surface area contributed by atoms with Gasteiger partial charge in [0.05, 0.1) is 4.88 Å². The van der Waals surface area contributed by atoms with Gasteiger partial charge in [-0.3, -0.25) is 0 Å². The van der Waals surface area contributed by atoms with E-state index in [-0.39, 0.29) is 0 Å². The van der Waals surface area contributed by atoms with Crippen molar-refractivity contribution in [3.8, 4) is 6.07 Å². The molecule has 0 aliphatic carbocycles. The average molecular weight is 125 g/mol. The minimum absolute atomic E-state index is 0.440. The zero-order valence-electron chi connectivity index (χ0n) is 4.25. The molecule has 0 spiro atoms. The molecule has 0 atom stereocenters. The summed E-state index contributed by atoms with van der Waals surface area (Å²) in [6, 6.07) is 1.91. The predicted octanol–water partition coefficient (Wildman–Crippen LogP) is 0.718. The first-order chi connectivity index (χ1) is 3.84. The van der Waals surface area contributed by atoms with Crippen LogP contribution in [0.15, 0.2) is 0 Å². The van der Waals surface area contributed by atoms with Gasteiger partial charge in [-0.05, 0) is 18.5 Å². The maximum Gasteiger partial charge on any atom is 0.178 e. The molecule has 1 rings (SSSR count). The fourth-order valence-corrected chi connectivity index (χ4v) is 0.755. The van der Waals surface area contributed by atoms with Gasteiger partial charge in [-0.1, -0.05) is 4.49 Å². The number of aromatic nitrogens is 2. The molecule has 8 heavy (non-hydrogen) atoms. The van der Waals surface area contributed by atoms with E-state index < -0.39 is 0 Å². The van der Waals surface area contributed by atoms with Crippen molar-refractivity contribution in [3.63, 3.8) is 0 Å². The van der Waals surface area contributed by atoms with Crippen molar-refractivity contribution in [3.05, 3.63) is 10.6 Å². The van der Waals surface area contributed by atoms with E-state index in [0.717, 1.165) is 4.88 Å². The molecular weight excluding hydrogens is 122 g/mol. The maximum absolute atomic E-state index is 8.26. The third kappa shape index (κ3) is 0.678. The van der Waals surface area contributed by atoms with Gasteiger partial charge in [-0.25, -0.2) is 0 Å². The van der Waals surface area contributed by atoms with Crippen molar-refractivity contribution in [2.45, 2.75) is 6.92 Å². The van der Waals surface area contributed by atoms with E-state index in [4.69, 9.17) is 5.26 Å². The first kappa shape index (κ1) is 5.19. The fourth-order valence-electron chi connectivity index (χ4n) is 0.337. The highest BCUT2D eigenvalue weighted by Crippen LogP contribution is 2.04. The van der Waals surface area contributed by atoms with Crippen molar-refractivity contribution in [1.29, 1.82) is 5.26 Å². The second-order valence-electron chi connectivity index (χ2n) is 1.29. The number of hydrogen-bond donors (Lipinski definition) is 0. The van der Waals surface area contributed by atoms with Crippen molar-refractivity contribution in [2.24, 2.45) is 0 Å². The van der Waals surface area contributed by atoms with E-state index in [2.05, 4.69) is 9.59 Å². The molecule has 0 N–H and O–H groups in total. The second kappa shape index (κ2) is 1.88. The van der Waals surface area contributed by atoms with Crippen molar-refractivity contribution >= 4 is 11.5 Å². The van der Waals surface area contributed by atoms with Crippen molar-refractivity contribution in [1.82, 2.24) is 9.59 Å². The Bertz CT molecular complexity index is 221. The van der Waals surface area contributed by atoms with Gasteiger partial charge >= 0.3 is 0 Å². The molecule has 0 aliphatic rings. The lowest BCUT2D eigenvalue weighted by Crippen LogP contribution is -1.73. The Hall–Kier alpha value is -0.950. The highest BCUT2D eigenvalue weighted by molar-refractivity contribution is 7.05. The number of aryl methyl sites for hydroxylation is 1. The monoisotopic (exact) mass is 125 g/mol. The first-order valence-corrected chi connectivity index (χ1v) is 2.81. The van der Waals surface area contributed by atoms with E-state index >= 15 is 0 Å². The molecule has 0 aliphatic heterocycles. The Kier molecular flexibility index (Phi) is 1.22. The third-order valence-corrected chi connectivity index (χ3v) is 1.39. The summed E-state index contributed by atoms with van der Waals surface area (Å²) in [4.78, 5) is 0.882. The van der Waals surface area contributed by atoms with Crippen molar-refractivity contribution < 1.29 is 0 Å². The van der Waals surface area contributed by atoms with Crippen molar-refractivity contribution in [2.75, 3.05) is 0 Å². The van der Waals surface area contributed by atoms with Crippen LogP contribution in [0.4, 0.5) is 0 Å². The fraction of sp³-hybridized carbons (Fsp3) is 0.250. The molecule has 0 saturated heterocycles. The zero-order chi connectivity index (χ0) is 5.98. The van der Waals surface area contributed by atoms with Crippen LogP contribution in [0, 0.1) is 18.3 Å². The molecule has 0 fully saturated rings. The van der Waals surface area contributed by atoms with E-state index in [0.29, 0.717) is 5.69 Å². The van der Waals surface area contributed by atoms with Crippen LogP contribution in [-0.2, 0) is 0 Å². The number of nitriles is 1. The van der Waals surface area contributed by atoms with Gasteiger partial charge in [-0.15, -0.1) is 5.10 Å². The van der Waals surface area contributed by atoms with Gasteiger partial charge in [0.2, 0.25) is 0 Å². The number of nitrogens with zero attached hydrogens (tertiary/aromatic N) is 3. The Morgan fingerprint density at radius 2 is 2.50 bits per heavy atom. The molecule has 40 valence electrons. The lowest BCUT2D eigenvalue weighted by atomic mass is 10.4. The minimum Gasteiger partial charge on any atom is -0.191 e. The molecule has 1 heterocycles. The van der Waals surface area contributed by atoms with E-state index in [1.54, 1.807) is 0 Å². The SMILES string of the molecule is Cc1snnc1C#N. The number of hydrogen-bond acceptors (Lipinski definition) is 4. The summed E-state index contributed by atoms with van der Waals surface area (Å²) in [6.07, 6.45) is 0. The van der Waals surface area contributed by atoms with Crippen LogP contribution in [-0.4, -0.2) is 9.59 Å². The molecular formula is C4H3N3S. The van der Waals surface area contributed by atoms with Gasteiger partial charge in [0.25, 0.3) is 0 Å². The molecule has 0 unspecified atom stereocenters. The molecule has 1 aromatic heterocycles. The first-order valence-electron chi connectivity index (χ1n) is 2.03. The topological polar surface area (TPSA) is 49.6 Å². The predicted molar refractivity (Wildman–Crippen MR) is 29.4 cm³/mol. The van der Waals surface area contributed by atoms with Crippen LogP contribution in [0.3, 0.4) is 0 Å². The van der Waals surface area contributed by atoms with Gasteiger partial charge in [0.15, 0.2) is 5.69 Å². The van der Waals surface area contributed by atoms with Crippen LogP contribution < -0.4 is 0 Å². The molecule has 0 saturated carbocycles. The van der Waals surface area contributed by atoms with Gasteiger partial charge in [0.1, 0.15) is 6.07 Å². The van der Waals surface area contributed by atoms with Gasteiger partial charge in [-0.2, -0.15) is 5.26 Å². The minimum atomic E-state index is 0.440. The Labute approximate surface area is 50.7 Å². The van der Waals surface area contributed by atoms with Crippen LogP contribution in [0.25, 0.3) is 0 Å². The normalized spacial score (nSPS) is 8.50. The second-order valence-corrected chi connectivity index (χ2v) is 2.25. The molecule has 4 heteroatoms. The molecule has 3 nitrogen and oxygen atoms in total. The van der Waals surface area contributed by atoms with Crippen LogP contribution in [0.2, 0.25) is 0 Å². The Balaban J connectivity index is 3.15. The molecule has 0 radical (unpaired) electrons. The van der Waals surface area contributed by atoms with Crippen LogP contribution >= 0.6 is 11.5 Å². The van der Waals surface area contributed by atoms with E-state index in [1.165, 1.54) is 11.5 Å². The van der Waals surface area contributed by atoms with E-state index in [1.807, 2.05) is 13.0 Å². The molecule has 0 amide bonds. The van der Waals surface area contributed by atoms with Crippen LogP contribution in [0.5, 0.6) is 0 Å². The Morgan fingerprint density at radius 1 is 1.75 bits per heavy atom. The lowest BCUT2D eigenvalue weighted by molar-refractivity contribution is 1.12. The summed E-state index contributed by atoms with van der Waals surface area (Å²) in [6.45, 7) is 1.82. The maximum atomic E-state index is 8.26. The number of rotatable bonds is 0. The quantitative estimate of drug-likeness (QED) is 0.513. The highest BCUT2D eigenvalue weighted by atomic mass is 32.1. The summed E-state index contributed by atoms with van der Waals surface area (Å²) in [5.41, 5.74) is 0.440. The zero-order valence-corrected chi connectivity index (χ0v) is 5.07. The molecule has 0 bridgehead atoms. The van der Waals surface area contributed by atoms with E-state index in [9.17, 15) is 0 Å². The summed E-state index contributed by atoms with van der Waals surface area (Å²) < 4.78 is 3.56. The summed E-state index contributed by atoms with van der Waals surface area (Å²) in [5, 5.41) is 11.8. The molecule has 1 aromatic rings. The molecule has 0 aromatic carbocycles. The average Bonchev–Trinajstić information content (AvgIpc) is 2.14. The largest absolute Gasteiger partial charge is 0.191 e. The standard InChI is InChI=1S/C4H3N3S/c1-3-4(2-5)6-7-8-3/h1H3. The van der Waals surface area contributed by atoms with Gasteiger partial charge in [0, 0.05) is 0 Å². The summed E-state index contributed by atoms with van der Waals surface area (Å²) in [7, 11) is 0. The summed E-state index contributed by atoms with van der Waals surface area (Å²) in [5.74, 6) is 0. The highest BCUT2D eigenvalue weighted by Gasteiger charge is 1.97. The Morgan fingerprint density at radius 3 is 2.75 bits per heavy atom. The smallest absolute Gasteiger partial charge is 0.178 e. The third-order valence-electron chi connectivity index (χ3n) is 0.758. The van der Waals surface area contributed by atoms with Gasteiger partial charge < -0.3 is 0 Å². The van der Waals surface area contributed by atoms with Crippen LogP contribution in [0.1, 0.15) is 10.6 Å². The summed E-state index contributed by atoms with van der Waals surface area (Å²) >= 11 is 1.25. The lowest BCUT2D eigenvalue weighted by Gasteiger charge is -1.71.